The second-order valence-corrected chi connectivity index (χ2v) is 7.91. The van der Waals surface area contributed by atoms with E-state index in [2.05, 4.69) is 37.9 Å². The molecular weight excluding hydrogens is 140 g/mol. The van der Waals surface area contributed by atoms with Crippen LogP contribution in [0.4, 0.5) is 0 Å². The lowest BCUT2D eigenvalue weighted by Gasteiger charge is -2.19. The van der Waals surface area contributed by atoms with Crippen LogP contribution in [-0.4, -0.2) is 8.32 Å². The van der Waals surface area contributed by atoms with Crippen molar-refractivity contribution in [2.24, 2.45) is 0 Å². The Morgan fingerprint density at radius 1 is 1.40 bits per heavy atom. The van der Waals surface area contributed by atoms with Gasteiger partial charge in [0.1, 0.15) is 0 Å². The summed E-state index contributed by atoms with van der Waals surface area (Å²) in [4.78, 5) is 0. The van der Waals surface area contributed by atoms with E-state index in [4.69, 9.17) is 4.43 Å². The summed E-state index contributed by atoms with van der Waals surface area (Å²) < 4.78 is 5.74. The van der Waals surface area contributed by atoms with Crippen molar-refractivity contribution in [3.05, 3.63) is 24.0 Å². The van der Waals surface area contributed by atoms with E-state index in [9.17, 15) is 0 Å². The van der Waals surface area contributed by atoms with Crippen molar-refractivity contribution in [3.8, 4) is 0 Å². The molecule has 0 saturated heterocycles. The zero-order valence-corrected chi connectivity index (χ0v) is 7.85. The second kappa shape index (κ2) is 2.62. The molecule has 0 heterocycles. The highest BCUT2D eigenvalue weighted by Gasteiger charge is 2.17. The van der Waals surface area contributed by atoms with Crippen LogP contribution in [0.2, 0.25) is 19.6 Å². The summed E-state index contributed by atoms with van der Waals surface area (Å²) in [5.41, 5.74) is 0. The summed E-state index contributed by atoms with van der Waals surface area (Å²) in [6, 6.07) is 0. The van der Waals surface area contributed by atoms with Gasteiger partial charge in [0.25, 0.3) is 0 Å². The Morgan fingerprint density at radius 2 is 2.10 bits per heavy atom. The molecule has 0 N–H and O–H groups in total. The number of allylic oxidation sites excluding steroid dienone is 3. The summed E-state index contributed by atoms with van der Waals surface area (Å²) >= 11 is 0. The van der Waals surface area contributed by atoms with Crippen LogP contribution >= 0.6 is 0 Å². The highest BCUT2D eigenvalue weighted by molar-refractivity contribution is 6.70. The van der Waals surface area contributed by atoms with Gasteiger partial charge in [-0.1, -0.05) is 12.2 Å². The van der Waals surface area contributed by atoms with E-state index >= 15 is 0 Å². The Labute approximate surface area is 63.5 Å². The Bertz CT molecular complexity index is 174. The fourth-order valence-electron chi connectivity index (χ4n) is 0.897. The highest BCUT2D eigenvalue weighted by atomic mass is 28.4. The molecule has 0 aromatic rings. The van der Waals surface area contributed by atoms with Crippen LogP contribution in [0.1, 0.15) is 6.42 Å². The molecule has 0 saturated carbocycles. The van der Waals surface area contributed by atoms with Gasteiger partial charge in [-0.3, -0.25) is 0 Å². The minimum absolute atomic E-state index is 0.990. The smallest absolute Gasteiger partial charge is 0.241 e. The Morgan fingerprint density at radius 3 is 2.50 bits per heavy atom. The quantitative estimate of drug-likeness (QED) is 0.556. The molecule has 0 radical (unpaired) electrons. The molecule has 1 aliphatic rings. The number of hydrogen-bond donors (Lipinski definition) is 0. The normalized spacial score (nSPS) is 17.3. The molecule has 1 nitrogen and oxygen atoms in total. The van der Waals surface area contributed by atoms with E-state index in [1.165, 1.54) is 0 Å². The number of hydrogen-bond acceptors (Lipinski definition) is 1. The SMILES string of the molecule is C[Si](C)(C)OC1=CC=CC1. The summed E-state index contributed by atoms with van der Waals surface area (Å²) in [6.45, 7) is 6.60. The van der Waals surface area contributed by atoms with E-state index < -0.39 is 8.32 Å². The summed E-state index contributed by atoms with van der Waals surface area (Å²) in [7, 11) is -1.33. The molecular formula is C8H14OSi. The van der Waals surface area contributed by atoms with E-state index in [0.29, 0.717) is 0 Å². The summed E-state index contributed by atoms with van der Waals surface area (Å²) in [6.07, 6.45) is 7.22. The molecule has 0 aromatic carbocycles. The third kappa shape index (κ3) is 2.39. The van der Waals surface area contributed by atoms with E-state index in [1.807, 2.05) is 0 Å². The molecule has 56 valence electrons. The first-order chi connectivity index (χ1) is 4.58. The Hall–Kier alpha value is -0.503. The van der Waals surface area contributed by atoms with Crippen molar-refractivity contribution in [1.29, 1.82) is 0 Å². The lowest BCUT2D eigenvalue weighted by atomic mass is 10.4. The highest BCUT2D eigenvalue weighted by Crippen LogP contribution is 2.17. The van der Waals surface area contributed by atoms with Gasteiger partial charge in [-0.2, -0.15) is 0 Å². The standard InChI is InChI=1S/C8H14OSi/c1-10(2,3)9-8-6-4-5-7-8/h4-6H,7H2,1-3H3. The Kier molecular flexibility index (Phi) is 1.99. The molecule has 1 aliphatic carbocycles. The van der Waals surface area contributed by atoms with Crippen LogP contribution in [0.25, 0.3) is 0 Å². The molecule has 1 rings (SSSR count). The van der Waals surface area contributed by atoms with Gasteiger partial charge in [0.2, 0.25) is 8.32 Å². The van der Waals surface area contributed by atoms with E-state index in [-0.39, 0.29) is 0 Å². The van der Waals surface area contributed by atoms with Crippen LogP contribution in [0.15, 0.2) is 24.0 Å². The van der Waals surface area contributed by atoms with E-state index in [0.717, 1.165) is 12.2 Å². The minimum Gasteiger partial charge on any atom is -0.547 e. The number of rotatable bonds is 2. The lowest BCUT2D eigenvalue weighted by molar-refractivity contribution is 0.415. The third-order valence-corrected chi connectivity index (χ3v) is 2.05. The van der Waals surface area contributed by atoms with Crippen molar-refractivity contribution < 1.29 is 4.43 Å². The van der Waals surface area contributed by atoms with Crippen molar-refractivity contribution in [2.75, 3.05) is 0 Å². The van der Waals surface area contributed by atoms with E-state index in [1.54, 1.807) is 0 Å². The predicted molar refractivity (Wildman–Crippen MR) is 46.3 cm³/mol. The third-order valence-electron chi connectivity index (χ3n) is 1.17. The van der Waals surface area contributed by atoms with Crippen LogP contribution in [-0.2, 0) is 4.43 Å². The second-order valence-electron chi connectivity index (χ2n) is 3.48. The summed E-state index contributed by atoms with van der Waals surface area (Å²) in [5, 5.41) is 0. The zero-order valence-electron chi connectivity index (χ0n) is 6.85. The maximum Gasteiger partial charge on any atom is 0.241 e. The molecule has 0 aliphatic heterocycles. The average Bonchev–Trinajstić information content (AvgIpc) is 2.12. The van der Waals surface area contributed by atoms with Gasteiger partial charge in [0.15, 0.2) is 0 Å². The first-order valence-electron chi connectivity index (χ1n) is 3.63. The summed E-state index contributed by atoms with van der Waals surface area (Å²) in [5.74, 6) is 1.14. The van der Waals surface area contributed by atoms with Gasteiger partial charge in [-0.15, -0.1) is 0 Å². The zero-order chi connectivity index (χ0) is 7.61. The predicted octanol–water partition coefficient (Wildman–Crippen LogP) is 2.68. The maximum absolute atomic E-state index is 5.74. The van der Waals surface area contributed by atoms with Gasteiger partial charge in [-0.05, 0) is 25.7 Å². The minimum atomic E-state index is -1.33. The topological polar surface area (TPSA) is 9.23 Å². The molecule has 2 heteroatoms. The fourth-order valence-corrected chi connectivity index (χ4v) is 1.83. The molecule has 0 unspecified atom stereocenters. The van der Waals surface area contributed by atoms with Crippen molar-refractivity contribution >= 4 is 8.32 Å². The van der Waals surface area contributed by atoms with Crippen LogP contribution in [0.3, 0.4) is 0 Å². The molecule has 0 aromatic heterocycles. The largest absolute Gasteiger partial charge is 0.547 e. The van der Waals surface area contributed by atoms with Gasteiger partial charge < -0.3 is 4.43 Å². The van der Waals surface area contributed by atoms with Crippen molar-refractivity contribution in [3.63, 3.8) is 0 Å². The lowest BCUT2D eigenvalue weighted by Crippen LogP contribution is -2.24. The first-order valence-corrected chi connectivity index (χ1v) is 7.03. The van der Waals surface area contributed by atoms with Gasteiger partial charge in [-0.25, -0.2) is 0 Å². The van der Waals surface area contributed by atoms with Crippen molar-refractivity contribution in [1.82, 2.24) is 0 Å². The monoisotopic (exact) mass is 154 g/mol. The van der Waals surface area contributed by atoms with Gasteiger partial charge >= 0.3 is 0 Å². The van der Waals surface area contributed by atoms with Gasteiger partial charge in [0.05, 0.1) is 5.76 Å². The molecule has 0 spiro atoms. The maximum atomic E-state index is 5.74. The van der Waals surface area contributed by atoms with Crippen LogP contribution < -0.4 is 0 Å². The van der Waals surface area contributed by atoms with Crippen molar-refractivity contribution in [2.45, 2.75) is 26.1 Å². The van der Waals surface area contributed by atoms with Gasteiger partial charge in [0, 0.05) is 6.42 Å². The molecule has 0 amide bonds. The van der Waals surface area contributed by atoms with Crippen LogP contribution in [0, 0.1) is 0 Å². The first kappa shape index (κ1) is 7.60. The Balaban J connectivity index is 2.41. The average molecular weight is 154 g/mol. The molecule has 0 fully saturated rings. The fraction of sp³-hybridized carbons (Fsp3) is 0.500. The molecule has 10 heavy (non-hydrogen) atoms. The molecule has 0 atom stereocenters. The van der Waals surface area contributed by atoms with Crippen LogP contribution in [0.5, 0.6) is 0 Å². The molecule has 0 bridgehead atoms.